The summed E-state index contributed by atoms with van der Waals surface area (Å²) in [5.41, 5.74) is 3.24. The summed E-state index contributed by atoms with van der Waals surface area (Å²) in [4.78, 5) is 16.6. The molecule has 2 aromatic rings. The lowest BCUT2D eigenvalue weighted by atomic mass is 9.89. The smallest absolute Gasteiger partial charge is 0.258 e. The van der Waals surface area contributed by atoms with E-state index in [-0.39, 0.29) is 10.6 Å². The van der Waals surface area contributed by atoms with Gasteiger partial charge >= 0.3 is 0 Å². The summed E-state index contributed by atoms with van der Waals surface area (Å²) >= 11 is 1.62. The van der Waals surface area contributed by atoms with E-state index in [2.05, 4.69) is 12.3 Å². The van der Waals surface area contributed by atoms with Gasteiger partial charge in [-0.3, -0.25) is 15.1 Å². The Morgan fingerprint density at radius 3 is 2.55 bits per heavy atom. The number of rotatable bonds is 4. The third-order valence-electron chi connectivity index (χ3n) is 5.91. The molecule has 0 aliphatic heterocycles. The zero-order valence-corrected chi connectivity index (χ0v) is 17.7. The number of thiazole rings is 1. The molecule has 0 saturated heterocycles. The maximum Gasteiger partial charge on any atom is 0.269 e. The lowest BCUT2D eigenvalue weighted by molar-refractivity contribution is -0.384. The molecule has 0 amide bonds. The van der Waals surface area contributed by atoms with Crippen molar-refractivity contribution in [1.29, 1.82) is 0 Å². The van der Waals surface area contributed by atoms with Gasteiger partial charge < -0.3 is 0 Å². The van der Waals surface area contributed by atoms with Crippen molar-refractivity contribution >= 4 is 22.7 Å². The van der Waals surface area contributed by atoms with Crippen molar-refractivity contribution in [3.05, 3.63) is 44.6 Å². The first-order valence-corrected chi connectivity index (χ1v) is 11.5. The van der Waals surface area contributed by atoms with Gasteiger partial charge in [-0.2, -0.15) is 5.10 Å². The van der Waals surface area contributed by atoms with Crippen LogP contribution < -0.4 is 4.80 Å². The topological polar surface area (TPSA) is 72.8 Å². The Morgan fingerprint density at radius 1 is 1.10 bits per heavy atom. The molecular weight excluding hydrogens is 384 g/mol. The van der Waals surface area contributed by atoms with Crippen LogP contribution in [0.5, 0.6) is 0 Å². The minimum Gasteiger partial charge on any atom is -0.258 e. The van der Waals surface area contributed by atoms with Crippen molar-refractivity contribution in [2.75, 3.05) is 0 Å². The van der Waals surface area contributed by atoms with Crippen LogP contribution in [-0.2, 0) is 0 Å². The zero-order valence-electron chi connectivity index (χ0n) is 16.9. The number of hydrogen-bond donors (Lipinski definition) is 0. The predicted octanol–water partition coefficient (Wildman–Crippen LogP) is 5.77. The van der Waals surface area contributed by atoms with Gasteiger partial charge in [0.1, 0.15) is 0 Å². The molecule has 2 aliphatic rings. The van der Waals surface area contributed by atoms with E-state index in [1.807, 2.05) is 16.8 Å². The maximum absolute atomic E-state index is 11.0. The number of nitrogens with zero attached hydrogens (tertiary/aromatic N) is 4. The first-order chi connectivity index (χ1) is 14.1. The molecule has 1 atom stereocenters. The van der Waals surface area contributed by atoms with Crippen LogP contribution in [-0.4, -0.2) is 21.4 Å². The van der Waals surface area contributed by atoms with Crippen molar-refractivity contribution in [1.82, 2.24) is 4.68 Å². The van der Waals surface area contributed by atoms with Crippen LogP contribution in [0, 0.1) is 16.0 Å². The molecule has 2 aliphatic carbocycles. The van der Waals surface area contributed by atoms with E-state index in [0.717, 1.165) is 41.7 Å². The summed E-state index contributed by atoms with van der Waals surface area (Å²) in [6.45, 7) is 2.29. The lowest BCUT2D eigenvalue weighted by Gasteiger charge is -2.20. The molecule has 2 fully saturated rings. The van der Waals surface area contributed by atoms with Crippen LogP contribution in [0.4, 0.5) is 5.69 Å². The molecule has 0 bridgehead atoms. The van der Waals surface area contributed by atoms with Gasteiger partial charge in [0, 0.05) is 28.8 Å². The normalized spacial score (nSPS) is 22.9. The standard InChI is InChI=1S/C22H28N4O2S/c1-16-6-5-9-19(14-16)24-25-21(17-10-12-20(13-11-17)26(27)28)15-29-22(25)23-18-7-3-2-4-8-18/h10-13,15-16,18H,2-9,14H2,1H3. The fraction of sp³-hybridized carbons (Fsp3) is 0.545. The van der Waals surface area contributed by atoms with Crippen molar-refractivity contribution in [3.63, 3.8) is 0 Å². The first-order valence-electron chi connectivity index (χ1n) is 10.7. The van der Waals surface area contributed by atoms with E-state index in [4.69, 9.17) is 10.1 Å². The molecule has 0 radical (unpaired) electrons. The Labute approximate surface area is 175 Å². The molecular formula is C22H28N4O2S. The number of benzene rings is 1. The van der Waals surface area contributed by atoms with Crippen molar-refractivity contribution < 1.29 is 4.92 Å². The molecule has 7 heteroatoms. The van der Waals surface area contributed by atoms with Gasteiger partial charge in [0.05, 0.1) is 16.7 Å². The van der Waals surface area contributed by atoms with Crippen LogP contribution in [0.2, 0.25) is 0 Å². The van der Waals surface area contributed by atoms with Gasteiger partial charge in [-0.25, -0.2) is 4.68 Å². The van der Waals surface area contributed by atoms with E-state index >= 15 is 0 Å². The van der Waals surface area contributed by atoms with Gasteiger partial charge in [0.25, 0.3) is 5.69 Å². The Morgan fingerprint density at radius 2 is 1.86 bits per heavy atom. The SMILES string of the molecule is CC1CCCC(=Nn2c(-c3ccc([N+](=O)[O-])cc3)csc2=NC2CCCCC2)C1. The van der Waals surface area contributed by atoms with Crippen molar-refractivity contribution in [2.24, 2.45) is 16.0 Å². The molecule has 154 valence electrons. The third kappa shape index (κ3) is 4.83. The van der Waals surface area contributed by atoms with E-state index in [9.17, 15) is 10.1 Å². The number of hydrogen-bond acceptors (Lipinski definition) is 5. The van der Waals surface area contributed by atoms with Crippen LogP contribution >= 0.6 is 11.3 Å². The molecule has 0 N–H and O–H groups in total. The Hall–Kier alpha value is -2.28. The van der Waals surface area contributed by atoms with Gasteiger partial charge in [-0.05, 0) is 56.6 Å². The third-order valence-corrected chi connectivity index (χ3v) is 6.75. The summed E-state index contributed by atoms with van der Waals surface area (Å²) in [6, 6.07) is 7.12. The van der Waals surface area contributed by atoms with E-state index in [0.29, 0.717) is 12.0 Å². The van der Waals surface area contributed by atoms with Gasteiger partial charge in [0.2, 0.25) is 4.80 Å². The molecule has 1 aromatic carbocycles. The average Bonchev–Trinajstić information content (AvgIpc) is 3.11. The maximum atomic E-state index is 11.0. The molecule has 0 spiro atoms. The highest BCUT2D eigenvalue weighted by atomic mass is 32.1. The highest BCUT2D eigenvalue weighted by Gasteiger charge is 2.18. The summed E-state index contributed by atoms with van der Waals surface area (Å²) in [6.07, 6.45) is 10.6. The summed E-state index contributed by atoms with van der Waals surface area (Å²) < 4.78 is 1.99. The monoisotopic (exact) mass is 412 g/mol. The largest absolute Gasteiger partial charge is 0.269 e. The average molecular weight is 413 g/mol. The molecule has 29 heavy (non-hydrogen) atoms. The van der Waals surface area contributed by atoms with Crippen LogP contribution in [0.3, 0.4) is 0 Å². The first kappa shape index (κ1) is 20.0. The summed E-state index contributed by atoms with van der Waals surface area (Å²) in [5, 5.41) is 18.1. The summed E-state index contributed by atoms with van der Waals surface area (Å²) in [7, 11) is 0. The molecule has 1 unspecified atom stereocenters. The lowest BCUT2D eigenvalue weighted by Crippen LogP contribution is -2.21. The predicted molar refractivity (Wildman–Crippen MR) is 117 cm³/mol. The highest BCUT2D eigenvalue weighted by molar-refractivity contribution is 7.07. The highest BCUT2D eigenvalue weighted by Crippen LogP contribution is 2.26. The van der Waals surface area contributed by atoms with E-state index < -0.39 is 0 Å². The van der Waals surface area contributed by atoms with Crippen LogP contribution in [0.25, 0.3) is 11.3 Å². The van der Waals surface area contributed by atoms with Crippen molar-refractivity contribution in [3.8, 4) is 11.3 Å². The molecule has 2 saturated carbocycles. The molecule has 1 heterocycles. The number of nitro benzene ring substituents is 1. The number of aromatic nitrogens is 1. The van der Waals surface area contributed by atoms with Gasteiger partial charge in [0.15, 0.2) is 0 Å². The Balaban J connectivity index is 1.75. The van der Waals surface area contributed by atoms with Crippen LogP contribution in [0.1, 0.15) is 64.7 Å². The summed E-state index contributed by atoms with van der Waals surface area (Å²) in [5.74, 6) is 0.670. The Bertz CT molecular complexity index is 952. The second-order valence-corrected chi connectivity index (χ2v) is 9.14. The van der Waals surface area contributed by atoms with Crippen LogP contribution in [0.15, 0.2) is 39.7 Å². The second kappa shape index (κ2) is 9.03. The fourth-order valence-electron chi connectivity index (χ4n) is 4.30. The van der Waals surface area contributed by atoms with Gasteiger partial charge in [-0.15, -0.1) is 11.3 Å². The number of nitro groups is 1. The van der Waals surface area contributed by atoms with Gasteiger partial charge in [-0.1, -0.05) is 26.2 Å². The second-order valence-electron chi connectivity index (χ2n) is 8.31. The van der Waals surface area contributed by atoms with E-state index in [1.54, 1.807) is 23.5 Å². The molecule has 1 aromatic heterocycles. The molecule has 6 nitrogen and oxygen atoms in total. The quantitative estimate of drug-likeness (QED) is 0.472. The minimum absolute atomic E-state index is 0.107. The van der Waals surface area contributed by atoms with Crippen molar-refractivity contribution in [2.45, 2.75) is 70.8 Å². The van der Waals surface area contributed by atoms with E-state index in [1.165, 1.54) is 37.8 Å². The zero-order chi connectivity index (χ0) is 20.2. The fourth-order valence-corrected chi connectivity index (χ4v) is 5.20. The Kier molecular flexibility index (Phi) is 6.23. The minimum atomic E-state index is -0.362. The number of non-ortho nitro benzene ring substituents is 1. The molecule has 4 rings (SSSR count).